The number of methoxy groups -OCH3 is 1. The molecule has 1 atom stereocenters. The fourth-order valence-electron chi connectivity index (χ4n) is 1.67. The first-order valence-corrected chi connectivity index (χ1v) is 5.99. The van der Waals surface area contributed by atoms with Gasteiger partial charge in [0.05, 0.1) is 18.1 Å². The molecule has 0 aliphatic carbocycles. The minimum absolute atomic E-state index is 0.108. The molecule has 1 unspecified atom stereocenters. The predicted molar refractivity (Wildman–Crippen MR) is 70.4 cm³/mol. The van der Waals surface area contributed by atoms with Crippen molar-refractivity contribution in [2.24, 2.45) is 0 Å². The lowest BCUT2D eigenvalue weighted by Gasteiger charge is -2.24. The number of amides is 1. The Morgan fingerprint density at radius 2 is 2.00 bits per heavy atom. The Labute approximate surface area is 108 Å². The Kier molecular flexibility index (Phi) is 5.31. The molecule has 0 fully saturated rings. The minimum Gasteiger partial charge on any atom is -0.389 e. The molecule has 0 bridgehead atoms. The van der Waals surface area contributed by atoms with Gasteiger partial charge < -0.3 is 15.2 Å². The monoisotopic (exact) mass is 251 g/mol. The number of benzene rings is 1. The Hall–Kier alpha value is -1.39. The van der Waals surface area contributed by atoms with E-state index in [1.807, 2.05) is 44.2 Å². The first-order valence-electron chi connectivity index (χ1n) is 5.99. The Bertz CT molecular complexity index is 376. The van der Waals surface area contributed by atoms with Crippen molar-refractivity contribution in [1.82, 2.24) is 5.32 Å². The quantitative estimate of drug-likeness (QED) is 0.795. The Morgan fingerprint density at radius 3 is 2.56 bits per heavy atom. The van der Waals surface area contributed by atoms with E-state index in [9.17, 15) is 9.90 Å². The summed E-state index contributed by atoms with van der Waals surface area (Å²) in [6.45, 7) is 4.13. The van der Waals surface area contributed by atoms with Crippen molar-refractivity contribution in [3.05, 3.63) is 35.9 Å². The summed E-state index contributed by atoms with van der Waals surface area (Å²) in [7, 11) is 1.51. The fourth-order valence-corrected chi connectivity index (χ4v) is 1.67. The maximum atomic E-state index is 12.1. The predicted octanol–water partition coefficient (Wildman–Crippen LogP) is 1.09. The van der Waals surface area contributed by atoms with Crippen molar-refractivity contribution >= 4 is 5.91 Å². The maximum Gasteiger partial charge on any atom is 0.230 e. The van der Waals surface area contributed by atoms with Gasteiger partial charge >= 0.3 is 0 Å². The highest BCUT2D eigenvalue weighted by Gasteiger charge is 2.29. The van der Waals surface area contributed by atoms with Gasteiger partial charge in [0, 0.05) is 13.7 Å². The third kappa shape index (κ3) is 3.82. The van der Waals surface area contributed by atoms with Crippen LogP contribution in [0.3, 0.4) is 0 Å². The lowest BCUT2D eigenvalue weighted by Crippen LogP contribution is -2.43. The van der Waals surface area contributed by atoms with Gasteiger partial charge in [-0.05, 0) is 19.4 Å². The summed E-state index contributed by atoms with van der Waals surface area (Å²) in [6, 6.07) is 9.57. The SMILES string of the molecule is COCC(O)CNC(=O)C(C)(C)c1ccccc1. The van der Waals surface area contributed by atoms with Crippen LogP contribution in [0.1, 0.15) is 19.4 Å². The zero-order chi connectivity index (χ0) is 13.6. The molecule has 18 heavy (non-hydrogen) atoms. The average Bonchev–Trinajstić information content (AvgIpc) is 2.37. The van der Waals surface area contributed by atoms with Gasteiger partial charge in [0.1, 0.15) is 0 Å². The van der Waals surface area contributed by atoms with Crippen LogP contribution in [0, 0.1) is 0 Å². The largest absolute Gasteiger partial charge is 0.389 e. The Morgan fingerprint density at radius 1 is 1.39 bits per heavy atom. The van der Waals surface area contributed by atoms with Crippen molar-refractivity contribution < 1.29 is 14.6 Å². The van der Waals surface area contributed by atoms with Gasteiger partial charge in [0.2, 0.25) is 5.91 Å². The molecule has 0 saturated heterocycles. The van der Waals surface area contributed by atoms with Crippen LogP contribution in [-0.4, -0.2) is 37.4 Å². The van der Waals surface area contributed by atoms with Crippen LogP contribution in [0.15, 0.2) is 30.3 Å². The van der Waals surface area contributed by atoms with Crippen LogP contribution >= 0.6 is 0 Å². The summed E-state index contributed by atoms with van der Waals surface area (Å²) in [6.07, 6.45) is -0.675. The van der Waals surface area contributed by atoms with E-state index >= 15 is 0 Å². The second kappa shape index (κ2) is 6.52. The van der Waals surface area contributed by atoms with E-state index in [4.69, 9.17) is 4.74 Å². The molecule has 0 aliphatic rings. The first kappa shape index (κ1) is 14.7. The lowest BCUT2D eigenvalue weighted by molar-refractivity contribution is -0.126. The van der Waals surface area contributed by atoms with Gasteiger partial charge in [0.25, 0.3) is 0 Å². The van der Waals surface area contributed by atoms with Gasteiger partial charge in [0.15, 0.2) is 0 Å². The van der Waals surface area contributed by atoms with Gasteiger partial charge in [-0.25, -0.2) is 0 Å². The highest BCUT2D eigenvalue weighted by atomic mass is 16.5. The molecule has 4 heteroatoms. The van der Waals surface area contributed by atoms with E-state index in [1.54, 1.807) is 0 Å². The smallest absolute Gasteiger partial charge is 0.230 e. The summed E-state index contributed by atoms with van der Waals surface area (Å²) in [4.78, 5) is 12.1. The van der Waals surface area contributed by atoms with Crippen LogP contribution in [0.4, 0.5) is 0 Å². The van der Waals surface area contributed by atoms with Gasteiger partial charge in [-0.3, -0.25) is 4.79 Å². The van der Waals surface area contributed by atoms with Crippen molar-refractivity contribution in [3.8, 4) is 0 Å². The molecule has 1 aromatic carbocycles. The van der Waals surface area contributed by atoms with Crippen LogP contribution < -0.4 is 5.32 Å². The number of rotatable bonds is 6. The van der Waals surface area contributed by atoms with Gasteiger partial charge in [-0.2, -0.15) is 0 Å². The number of aliphatic hydroxyl groups is 1. The highest BCUT2D eigenvalue weighted by molar-refractivity contribution is 5.87. The van der Waals surface area contributed by atoms with E-state index in [-0.39, 0.29) is 19.1 Å². The summed E-state index contributed by atoms with van der Waals surface area (Å²) >= 11 is 0. The zero-order valence-corrected chi connectivity index (χ0v) is 11.1. The molecule has 1 amide bonds. The molecule has 0 spiro atoms. The molecular weight excluding hydrogens is 230 g/mol. The molecule has 1 rings (SSSR count). The minimum atomic E-state index is -0.675. The van der Waals surface area contributed by atoms with E-state index < -0.39 is 11.5 Å². The average molecular weight is 251 g/mol. The zero-order valence-electron chi connectivity index (χ0n) is 11.1. The van der Waals surface area contributed by atoms with E-state index in [1.165, 1.54) is 7.11 Å². The molecule has 0 radical (unpaired) electrons. The number of nitrogens with one attached hydrogen (secondary N) is 1. The van der Waals surface area contributed by atoms with Crippen molar-refractivity contribution in [1.29, 1.82) is 0 Å². The van der Waals surface area contributed by atoms with E-state index in [0.29, 0.717) is 0 Å². The molecule has 1 aromatic rings. The van der Waals surface area contributed by atoms with Crippen LogP contribution in [0.5, 0.6) is 0 Å². The number of carbonyl (C=O) groups excluding carboxylic acids is 1. The Balaban J connectivity index is 2.60. The second-order valence-electron chi connectivity index (χ2n) is 4.81. The fraction of sp³-hybridized carbons (Fsp3) is 0.500. The number of hydrogen-bond acceptors (Lipinski definition) is 3. The van der Waals surface area contributed by atoms with Crippen molar-refractivity contribution in [2.45, 2.75) is 25.4 Å². The van der Waals surface area contributed by atoms with Crippen LogP contribution in [0.25, 0.3) is 0 Å². The first-order chi connectivity index (χ1) is 8.48. The van der Waals surface area contributed by atoms with E-state index in [2.05, 4.69) is 5.32 Å². The third-order valence-corrected chi connectivity index (χ3v) is 2.92. The summed E-state index contributed by atoms with van der Waals surface area (Å²) in [5.74, 6) is -0.108. The molecule has 0 aliphatic heterocycles. The number of hydrogen-bond donors (Lipinski definition) is 2. The molecule has 2 N–H and O–H groups in total. The second-order valence-corrected chi connectivity index (χ2v) is 4.81. The van der Waals surface area contributed by atoms with E-state index in [0.717, 1.165) is 5.56 Å². The molecule has 4 nitrogen and oxygen atoms in total. The van der Waals surface area contributed by atoms with Crippen molar-refractivity contribution in [2.75, 3.05) is 20.3 Å². The van der Waals surface area contributed by atoms with Crippen LogP contribution in [-0.2, 0) is 14.9 Å². The normalized spacial score (nSPS) is 13.1. The summed E-state index contributed by atoms with van der Waals surface area (Å²) in [5.41, 5.74) is 0.331. The van der Waals surface area contributed by atoms with Gasteiger partial charge in [-0.15, -0.1) is 0 Å². The van der Waals surface area contributed by atoms with Crippen LogP contribution in [0.2, 0.25) is 0 Å². The molecular formula is C14H21NO3. The van der Waals surface area contributed by atoms with Crippen molar-refractivity contribution in [3.63, 3.8) is 0 Å². The molecule has 0 heterocycles. The highest BCUT2D eigenvalue weighted by Crippen LogP contribution is 2.22. The molecule has 0 saturated carbocycles. The lowest BCUT2D eigenvalue weighted by atomic mass is 9.84. The molecule has 100 valence electrons. The standard InChI is InChI=1S/C14H21NO3/c1-14(2,11-7-5-4-6-8-11)13(17)15-9-12(16)10-18-3/h4-8,12,16H,9-10H2,1-3H3,(H,15,17). The third-order valence-electron chi connectivity index (χ3n) is 2.92. The number of aliphatic hydroxyl groups excluding tert-OH is 1. The maximum absolute atomic E-state index is 12.1. The summed E-state index contributed by atoms with van der Waals surface area (Å²) < 4.78 is 4.80. The topological polar surface area (TPSA) is 58.6 Å². The van der Waals surface area contributed by atoms with Gasteiger partial charge in [-0.1, -0.05) is 30.3 Å². The summed E-state index contributed by atoms with van der Waals surface area (Å²) in [5, 5.41) is 12.2. The molecule has 0 aromatic heterocycles. The number of carbonyl (C=O) groups is 1. The number of ether oxygens (including phenoxy) is 1.